The van der Waals surface area contributed by atoms with Gasteiger partial charge in [0.1, 0.15) is 0 Å². The van der Waals surface area contributed by atoms with Crippen LogP contribution in [0, 0.1) is 0 Å². The van der Waals surface area contributed by atoms with Gasteiger partial charge in [-0.2, -0.15) is 0 Å². The van der Waals surface area contributed by atoms with Crippen LogP contribution < -0.4 is 0 Å². The Morgan fingerprint density at radius 1 is 0.889 bits per heavy atom. The molecule has 0 saturated carbocycles. The number of nitrogens with zero attached hydrogens (tertiary/aromatic N) is 1. The fourth-order valence-electron chi connectivity index (χ4n) is 1.96. The van der Waals surface area contributed by atoms with Crippen molar-refractivity contribution < 1.29 is 4.74 Å². The van der Waals surface area contributed by atoms with Gasteiger partial charge < -0.3 is 4.74 Å². The summed E-state index contributed by atoms with van der Waals surface area (Å²) in [7, 11) is 0. The zero-order chi connectivity index (χ0) is 12.4. The molecule has 0 aliphatic carbocycles. The zero-order valence-corrected chi connectivity index (χ0v) is 10.1. The number of allylic oxidation sites excluding steroid dienone is 1. The van der Waals surface area contributed by atoms with Crippen molar-refractivity contribution in [3.63, 3.8) is 0 Å². The molecule has 0 aromatic heterocycles. The molecule has 0 spiro atoms. The molecule has 0 unspecified atom stereocenters. The predicted octanol–water partition coefficient (Wildman–Crippen LogP) is 4.16. The van der Waals surface area contributed by atoms with E-state index in [4.69, 9.17) is 4.74 Å². The molecular formula is C16H13NO. The van der Waals surface area contributed by atoms with E-state index in [0.29, 0.717) is 5.90 Å². The number of fused-ring (bicyclic) bond motifs is 1. The van der Waals surface area contributed by atoms with Crippen LogP contribution in [0.4, 0.5) is 5.69 Å². The van der Waals surface area contributed by atoms with Crippen molar-refractivity contribution in [3.8, 4) is 0 Å². The van der Waals surface area contributed by atoms with Crippen molar-refractivity contribution in [2.24, 2.45) is 4.99 Å². The molecular weight excluding hydrogens is 222 g/mol. The maximum absolute atomic E-state index is 5.67. The van der Waals surface area contributed by atoms with E-state index in [-0.39, 0.29) is 0 Å². The van der Waals surface area contributed by atoms with Gasteiger partial charge in [-0.05, 0) is 30.7 Å². The molecule has 2 heteroatoms. The second-order valence-electron chi connectivity index (χ2n) is 4.22. The monoisotopic (exact) mass is 235 g/mol. The average molecular weight is 235 g/mol. The molecule has 0 bridgehead atoms. The molecule has 2 aromatic rings. The van der Waals surface area contributed by atoms with E-state index in [2.05, 4.69) is 11.1 Å². The van der Waals surface area contributed by atoms with Crippen LogP contribution in [0.1, 0.15) is 18.1 Å². The Bertz CT molecular complexity index is 627. The van der Waals surface area contributed by atoms with Crippen LogP contribution in [-0.4, -0.2) is 5.90 Å². The average Bonchev–Trinajstić information content (AvgIpc) is 2.60. The molecule has 0 atom stereocenters. The van der Waals surface area contributed by atoms with Crippen LogP contribution in [-0.2, 0) is 4.74 Å². The third-order valence-electron chi connectivity index (χ3n) is 2.92. The molecule has 2 aromatic carbocycles. The third-order valence-corrected chi connectivity index (χ3v) is 2.92. The zero-order valence-electron chi connectivity index (χ0n) is 10.1. The summed E-state index contributed by atoms with van der Waals surface area (Å²) in [5.74, 6) is 0.639. The van der Waals surface area contributed by atoms with Crippen molar-refractivity contribution in [1.82, 2.24) is 0 Å². The summed E-state index contributed by atoms with van der Waals surface area (Å²) in [6.07, 6.45) is 1.76. The van der Waals surface area contributed by atoms with Gasteiger partial charge in [-0.1, -0.05) is 36.4 Å². The van der Waals surface area contributed by atoms with Gasteiger partial charge in [0.15, 0.2) is 0 Å². The lowest BCUT2D eigenvalue weighted by atomic mass is 10.1. The highest BCUT2D eigenvalue weighted by molar-refractivity contribution is 5.98. The summed E-state index contributed by atoms with van der Waals surface area (Å²) >= 11 is 0. The number of hydrogen-bond donors (Lipinski definition) is 0. The lowest BCUT2D eigenvalue weighted by Crippen LogP contribution is -2.01. The number of benzene rings is 2. The summed E-state index contributed by atoms with van der Waals surface area (Å²) in [5.41, 5.74) is 4.13. The van der Waals surface area contributed by atoms with Gasteiger partial charge in [-0.15, -0.1) is 0 Å². The second-order valence-corrected chi connectivity index (χ2v) is 4.22. The van der Waals surface area contributed by atoms with Gasteiger partial charge in [0.25, 0.3) is 0 Å². The largest absolute Gasteiger partial charge is 0.446 e. The van der Waals surface area contributed by atoms with Gasteiger partial charge in [-0.3, -0.25) is 0 Å². The van der Waals surface area contributed by atoms with Crippen molar-refractivity contribution >= 4 is 17.2 Å². The van der Waals surface area contributed by atoms with Crippen LogP contribution in [0.2, 0.25) is 0 Å². The van der Waals surface area contributed by atoms with Crippen LogP contribution >= 0.6 is 0 Å². The maximum atomic E-state index is 5.67. The van der Waals surface area contributed by atoms with Crippen molar-refractivity contribution in [2.75, 3.05) is 0 Å². The van der Waals surface area contributed by atoms with E-state index in [9.17, 15) is 0 Å². The molecule has 0 saturated heterocycles. The SMILES string of the molecule is CC1=COC(c2ccccc2)=Nc2ccccc21. The summed E-state index contributed by atoms with van der Waals surface area (Å²) < 4.78 is 5.67. The van der Waals surface area contributed by atoms with Crippen LogP contribution in [0.3, 0.4) is 0 Å². The van der Waals surface area contributed by atoms with Gasteiger partial charge >= 0.3 is 0 Å². The quantitative estimate of drug-likeness (QED) is 0.727. The maximum Gasteiger partial charge on any atom is 0.226 e. The first-order valence-electron chi connectivity index (χ1n) is 5.91. The van der Waals surface area contributed by atoms with Gasteiger partial charge in [-0.25, -0.2) is 4.99 Å². The highest BCUT2D eigenvalue weighted by Crippen LogP contribution is 2.29. The minimum atomic E-state index is 0.639. The number of para-hydroxylation sites is 1. The standard InChI is InChI=1S/C16H13NO/c1-12-11-18-16(13-7-3-2-4-8-13)17-15-10-6-5-9-14(12)15/h2-11H,1H3. The normalized spacial score (nSPS) is 13.8. The molecule has 18 heavy (non-hydrogen) atoms. The second kappa shape index (κ2) is 4.49. The molecule has 3 rings (SSSR count). The molecule has 0 amide bonds. The molecule has 0 radical (unpaired) electrons. The summed E-state index contributed by atoms with van der Waals surface area (Å²) in [6.45, 7) is 2.03. The molecule has 2 nitrogen and oxygen atoms in total. The van der Waals surface area contributed by atoms with Crippen molar-refractivity contribution in [1.29, 1.82) is 0 Å². The van der Waals surface area contributed by atoms with E-state index < -0.39 is 0 Å². The van der Waals surface area contributed by atoms with Gasteiger partial charge in [0.05, 0.1) is 11.9 Å². The number of aliphatic imine (C=N–C) groups is 1. The summed E-state index contributed by atoms with van der Waals surface area (Å²) in [5, 5.41) is 0. The number of rotatable bonds is 1. The highest BCUT2D eigenvalue weighted by atomic mass is 16.5. The van der Waals surface area contributed by atoms with E-state index in [1.54, 1.807) is 6.26 Å². The molecule has 88 valence electrons. The molecule has 1 aliphatic heterocycles. The Morgan fingerprint density at radius 2 is 1.61 bits per heavy atom. The van der Waals surface area contributed by atoms with Crippen molar-refractivity contribution in [2.45, 2.75) is 6.92 Å². The van der Waals surface area contributed by atoms with E-state index in [0.717, 1.165) is 22.4 Å². The first-order valence-corrected chi connectivity index (χ1v) is 5.91. The van der Waals surface area contributed by atoms with E-state index in [1.807, 2.05) is 55.5 Å². The van der Waals surface area contributed by atoms with Crippen molar-refractivity contribution in [3.05, 3.63) is 72.0 Å². The lowest BCUT2D eigenvalue weighted by Gasteiger charge is -2.03. The summed E-state index contributed by atoms with van der Waals surface area (Å²) in [6, 6.07) is 18.0. The fraction of sp³-hybridized carbons (Fsp3) is 0.0625. The third kappa shape index (κ3) is 1.93. The van der Waals surface area contributed by atoms with E-state index >= 15 is 0 Å². The van der Waals surface area contributed by atoms with Crippen LogP contribution in [0.5, 0.6) is 0 Å². The Balaban J connectivity index is 2.13. The molecule has 1 aliphatic rings. The molecule has 0 fully saturated rings. The Kier molecular flexibility index (Phi) is 2.69. The lowest BCUT2D eigenvalue weighted by molar-refractivity contribution is 0.477. The van der Waals surface area contributed by atoms with Crippen LogP contribution in [0.15, 0.2) is 65.9 Å². The van der Waals surface area contributed by atoms with Crippen LogP contribution in [0.25, 0.3) is 5.57 Å². The Hall–Kier alpha value is -2.35. The first kappa shape index (κ1) is 10.8. The minimum Gasteiger partial charge on any atom is -0.446 e. The highest BCUT2D eigenvalue weighted by Gasteiger charge is 2.11. The van der Waals surface area contributed by atoms with Gasteiger partial charge in [0.2, 0.25) is 5.90 Å². The Morgan fingerprint density at radius 3 is 2.44 bits per heavy atom. The minimum absolute atomic E-state index is 0.639. The fourth-order valence-corrected chi connectivity index (χ4v) is 1.96. The summed E-state index contributed by atoms with van der Waals surface area (Å²) in [4.78, 5) is 4.60. The van der Waals surface area contributed by atoms with Gasteiger partial charge in [0, 0.05) is 11.1 Å². The Labute approximate surface area is 106 Å². The van der Waals surface area contributed by atoms with E-state index in [1.165, 1.54) is 0 Å². The smallest absolute Gasteiger partial charge is 0.226 e. The molecule has 1 heterocycles. The number of hydrogen-bond acceptors (Lipinski definition) is 2. The number of ether oxygens (including phenoxy) is 1. The first-order chi connectivity index (χ1) is 8.84. The predicted molar refractivity (Wildman–Crippen MR) is 73.8 cm³/mol. The topological polar surface area (TPSA) is 21.6 Å². The molecule has 0 N–H and O–H groups in total.